The van der Waals surface area contributed by atoms with Crippen LogP contribution in [0.15, 0.2) is 77.0 Å². The number of aromatic nitrogens is 2. The van der Waals surface area contributed by atoms with Gasteiger partial charge in [-0.05, 0) is 11.1 Å². The number of thioether (sulfide) groups is 2. The average Bonchev–Trinajstić information content (AvgIpc) is 2.66. The minimum Gasteiger partial charge on any atom is -0.258 e. The first-order valence-electron chi connectivity index (χ1n) is 7.57. The predicted molar refractivity (Wildman–Crippen MR) is 101 cm³/mol. The van der Waals surface area contributed by atoms with Crippen LogP contribution in [0, 0.1) is 10.1 Å². The van der Waals surface area contributed by atoms with Gasteiger partial charge >= 0.3 is 5.69 Å². The van der Waals surface area contributed by atoms with Crippen LogP contribution in [0.25, 0.3) is 0 Å². The maximum absolute atomic E-state index is 11.6. The van der Waals surface area contributed by atoms with Gasteiger partial charge in [0.1, 0.15) is 6.33 Å². The van der Waals surface area contributed by atoms with Crippen LogP contribution in [-0.4, -0.2) is 14.9 Å². The van der Waals surface area contributed by atoms with E-state index in [0.29, 0.717) is 21.6 Å². The van der Waals surface area contributed by atoms with Crippen LogP contribution in [0.1, 0.15) is 11.1 Å². The quantitative estimate of drug-likeness (QED) is 0.253. The van der Waals surface area contributed by atoms with Crippen molar-refractivity contribution in [1.82, 2.24) is 9.97 Å². The van der Waals surface area contributed by atoms with Crippen LogP contribution in [0.3, 0.4) is 0 Å². The first-order chi connectivity index (χ1) is 12.2. The Balaban J connectivity index is 1.78. The minimum atomic E-state index is -0.388. The fourth-order valence-corrected chi connectivity index (χ4v) is 4.08. The summed E-state index contributed by atoms with van der Waals surface area (Å²) in [6, 6.07) is 19.7. The van der Waals surface area contributed by atoms with E-state index in [1.54, 1.807) is 0 Å². The fourth-order valence-electron chi connectivity index (χ4n) is 2.17. The van der Waals surface area contributed by atoms with Crippen LogP contribution >= 0.6 is 23.5 Å². The van der Waals surface area contributed by atoms with Crippen molar-refractivity contribution in [3.05, 3.63) is 88.2 Å². The molecule has 3 rings (SSSR count). The van der Waals surface area contributed by atoms with Gasteiger partial charge in [-0.25, -0.2) is 9.97 Å². The van der Waals surface area contributed by atoms with E-state index < -0.39 is 0 Å². The summed E-state index contributed by atoms with van der Waals surface area (Å²) >= 11 is 2.72. The van der Waals surface area contributed by atoms with E-state index in [-0.39, 0.29) is 10.6 Å². The zero-order chi connectivity index (χ0) is 17.5. The smallest absolute Gasteiger partial charge is 0.258 e. The van der Waals surface area contributed by atoms with E-state index in [4.69, 9.17) is 0 Å². The number of nitro groups is 1. The van der Waals surface area contributed by atoms with Crippen molar-refractivity contribution >= 4 is 29.2 Å². The van der Waals surface area contributed by atoms with Crippen molar-refractivity contribution < 1.29 is 4.92 Å². The maximum Gasteiger partial charge on any atom is 0.333 e. The second kappa shape index (κ2) is 8.64. The molecule has 0 unspecified atom stereocenters. The number of hydrogen-bond donors (Lipinski definition) is 0. The average molecular weight is 369 g/mol. The molecule has 0 aliphatic heterocycles. The van der Waals surface area contributed by atoms with Gasteiger partial charge in [0.2, 0.25) is 0 Å². The van der Waals surface area contributed by atoms with Crippen molar-refractivity contribution in [3.63, 3.8) is 0 Å². The van der Waals surface area contributed by atoms with Crippen LogP contribution in [-0.2, 0) is 11.5 Å². The van der Waals surface area contributed by atoms with Gasteiger partial charge in [0.25, 0.3) is 0 Å². The third-order valence-corrected chi connectivity index (χ3v) is 5.47. The SMILES string of the molecule is O=[N+]([O-])c1c(SCc2ccccc2)ncnc1SCc1ccccc1. The molecule has 7 heteroatoms. The Bertz CT molecular complexity index is 784. The van der Waals surface area contributed by atoms with Gasteiger partial charge in [-0.15, -0.1) is 0 Å². The second-order valence-corrected chi connectivity index (χ2v) is 7.07. The largest absolute Gasteiger partial charge is 0.333 e. The molecule has 0 radical (unpaired) electrons. The van der Waals surface area contributed by atoms with E-state index in [9.17, 15) is 10.1 Å². The Kier molecular flexibility index (Phi) is 6.03. The summed E-state index contributed by atoms with van der Waals surface area (Å²) in [4.78, 5) is 19.4. The summed E-state index contributed by atoms with van der Waals surface area (Å²) in [5.74, 6) is 1.25. The molecule has 126 valence electrons. The predicted octanol–water partition coefficient (Wildman–Crippen LogP) is 4.97. The monoisotopic (exact) mass is 369 g/mol. The summed E-state index contributed by atoms with van der Waals surface area (Å²) in [6.07, 6.45) is 1.40. The van der Waals surface area contributed by atoms with Gasteiger partial charge in [-0.3, -0.25) is 10.1 Å². The fraction of sp³-hybridized carbons (Fsp3) is 0.111. The highest BCUT2D eigenvalue weighted by Gasteiger charge is 2.23. The minimum absolute atomic E-state index is 0.00985. The zero-order valence-corrected chi connectivity index (χ0v) is 14.9. The topological polar surface area (TPSA) is 68.9 Å². The van der Waals surface area contributed by atoms with Crippen LogP contribution in [0.5, 0.6) is 0 Å². The Hall–Kier alpha value is -2.38. The Morgan fingerprint density at radius 1 is 0.800 bits per heavy atom. The lowest BCUT2D eigenvalue weighted by Crippen LogP contribution is -1.99. The lowest BCUT2D eigenvalue weighted by Gasteiger charge is -2.06. The molecule has 0 atom stereocenters. The van der Waals surface area contributed by atoms with Crippen molar-refractivity contribution in [2.45, 2.75) is 21.6 Å². The van der Waals surface area contributed by atoms with E-state index in [2.05, 4.69) is 9.97 Å². The standard InChI is InChI=1S/C18H15N3O2S2/c22-21(23)16-17(24-11-14-7-3-1-4-8-14)19-13-20-18(16)25-12-15-9-5-2-6-10-15/h1-10,13H,11-12H2. The highest BCUT2D eigenvalue weighted by atomic mass is 32.2. The Morgan fingerprint density at radius 3 is 1.64 bits per heavy atom. The molecule has 0 bridgehead atoms. The van der Waals surface area contributed by atoms with E-state index >= 15 is 0 Å². The Morgan fingerprint density at radius 2 is 1.24 bits per heavy atom. The molecule has 0 saturated carbocycles. The first-order valence-corrected chi connectivity index (χ1v) is 9.54. The summed E-state index contributed by atoms with van der Waals surface area (Å²) in [5.41, 5.74) is 2.18. The van der Waals surface area contributed by atoms with E-state index in [1.165, 1.54) is 29.9 Å². The maximum atomic E-state index is 11.6. The van der Waals surface area contributed by atoms with Crippen molar-refractivity contribution in [2.75, 3.05) is 0 Å². The first kappa shape index (κ1) is 17.4. The number of nitrogens with zero attached hydrogens (tertiary/aromatic N) is 3. The molecule has 0 amide bonds. The molecule has 2 aromatic carbocycles. The van der Waals surface area contributed by atoms with E-state index in [1.807, 2.05) is 60.7 Å². The molecular weight excluding hydrogens is 354 g/mol. The van der Waals surface area contributed by atoms with Crippen LogP contribution < -0.4 is 0 Å². The molecule has 25 heavy (non-hydrogen) atoms. The molecule has 0 aliphatic carbocycles. The number of hydrogen-bond acceptors (Lipinski definition) is 6. The molecule has 1 heterocycles. The lowest BCUT2D eigenvalue weighted by atomic mass is 10.2. The van der Waals surface area contributed by atoms with Gasteiger partial charge in [-0.1, -0.05) is 84.2 Å². The molecule has 0 spiro atoms. The normalized spacial score (nSPS) is 10.6. The molecular formula is C18H15N3O2S2. The summed E-state index contributed by atoms with van der Waals surface area (Å²) in [5, 5.41) is 12.4. The van der Waals surface area contributed by atoms with Gasteiger partial charge in [-0.2, -0.15) is 0 Å². The number of rotatable bonds is 7. The van der Waals surface area contributed by atoms with Crippen molar-refractivity contribution in [2.24, 2.45) is 0 Å². The molecule has 3 aromatic rings. The summed E-state index contributed by atoms with van der Waals surface area (Å²) in [7, 11) is 0. The van der Waals surface area contributed by atoms with Gasteiger partial charge in [0.05, 0.1) is 4.92 Å². The second-order valence-electron chi connectivity index (χ2n) is 5.14. The number of benzene rings is 2. The molecule has 0 fully saturated rings. The molecule has 0 N–H and O–H groups in total. The van der Waals surface area contributed by atoms with Gasteiger partial charge in [0.15, 0.2) is 10.1 Å². The van der Waals surface area contributed by atoms with Crippen LogP contribution in [0.4, 0.5) is 5.69 Å². The van der Waals surface area contributed by atoms with Gasteiger partial charge < -0.3 is 0 Å². The van der Waals surface area contributed by atoms with Crippen molar-refractivity contribution in [1.29, 1.82) is 0 Å². The third kappa shape index (κ3) is 4.80. The lowest BCUT2D eigenvalue weighted by molar-refractivity contribution is -0.391. The highest BCUT2D eigenvalue weighted by Crippen LogP contribution is 2.36. The van der Waals surface area contributed by atoms with E-state index in [0.717, 1.165) is 11.1 Å². The molecule has 5 nitrogen and oxygen atoms in total. The highest BCUT2D eigenvalue weighted by molar-refractivity contribution is 7.99. The molecule has 0 saturated heterocycles. The Labute approximate surface area is 154 Å². The molecule has 1 aromatic heterocycles. The third-order valence-electron chi connectivity index (χ3n) is 3.37. The van der Waals surface area contributed by atoms with Crippen LogP contribution in [0.2, 0.25) is 0 Å². The summed E-state index contributed by atoms with van der Waals surface area (Å²) in [6.45, 7) is 0. The zero-order valence-electron chi connectivity index (χ0n) is 13.2. The van der Waals surface area contributed by atoms with Gasteiger partial charge in [0, 0.05) is 11.5 Å². The summed E-state index contributed by atoms with van der Waals surface area (Å²) < 4.78 is 0. The molecule has 0 aliphatic rings. The van der Waals surface area contributed by atoms with Crippen molar-refractivity contribution in [3.8, 4) is 0 Å².